The van der Waals surface area contributed by atoms with Crippen LogP contribution in [0.3, 0.4) is 0 Å². The second-order valence-corrected chi connectivity index (χ2v) is 4.63. The highest BCUT2D eigenvalue weighted by Crippen LogP contribution is 2.23. The molecule has 2 aromatic rings. The monoisotopic (exact) mass is 272 g/mol. The second-order valence-electron chi connectivity index (χ2n) is 4.63. The standard InChI is InChI=1S/C17H17FO2/c1-3-10-20-16-7-5-4-6-14(16)17(19)15-11-13(18)9-8-12(15)2/h4-9,11H,3,10H2,1-2H3. The summed E-state index contributed by atoms with van der Waals surface area (Å²) in [4.78, 5) is 12.6. The average Bonchev–Trinajstić information content (AvgIpc) is 2.47. The van der Waals surface area contributed by atoms with Crippen LogP contribution in [0.1, 0.15) is 34.8 Å². The van der Waals surface area contributed by atoms with Crippen molar-refractivity contribution >= 4 is 5.78 Å². The molecule has 0 atom stereocenters. The van der Waals surface area contributed by atoms with E-state index < -0.39 is 5.82 Å². The van der Waals surface area contributed by atoms with Crippen LogP contribution in [0.2, 0.25) is 0 Å². The number of carbonyl (C=O) groups is 1. The van der Waals surface area contributed by atoms with Gasteiger partial charge in [-0.25, -0.2) is 4.39 Å². The average molecular weight is 272 g/mol. The zero-order valence-electron chi connectivity index (χ0n) is 11.7. The summed E-state index contributed by atoms with van der Waals surface area (Å²) in [6.07, 6.45) is 0.863. The molecule has 0 aliphatic heterocycles. The SMILES string of the molecule is CCCOc1ccccc1C(=O)c1cc(F)ccc1C. The van der Waals surface area contributed by atoms with E-state index in [2.05, 4.69) is 0 Å². The van der Waals surface area contributed by atoms with E-state index in [0.29, 0.717) is 23.5 Å². The van der Waals surface area contributed by atoms with Crippen molar-refractivity contribution < 1.29 is 13.9 Å². The first kappa shape index (κ1) is 14.3. The van der Waals surface area contributed by atoms with E-state index in [0.717, 1.165) is 12.0 Å². The number of hydrogen-bond donors (Lipinski definition) is 0. The third-order valence-corrected chi connectivity index (χ3v) is 3.04. The fourth-order valence-corrected chi connectivity index (χ4v) is 1.98. The highest BCUT2D eigenvalue weighted by atomic mass is 19.1. The van der Waals surface area contributed by atoms with Gasteiger partial charge in [-0.15, -0.1) is 0 Å². The summed E-state index contributed by atoms with van der Waals surface area (Å²) in [7, 11) is 0. The molecule has 0 aromatic heterocycles. The summed E-state index contributed by atoms with van der Waals surface area (Å²) < 4.78 is 18.9. The molecule has 0 heterocycles. The van der Waals surface area contributed by atoms with Gasteiger partial charge in [-0.05, 0) is 43.2 Å². The first-order valence-electron chi connectivity index (χ1n) is 6.66. The van der Waals surface area contributed by atoms with Crippen LogP contribution in [0.4, 0.5) is 4.39 Å². The molecule has 2 nitrogen and oxygen atoms in total. The van der Waals surface area contributed by atoms with Crippen molar-refractivity contribution in [3.8, 4) is 5.75 Å². The number of aryl methyl sites for hydroxylation is 1. The molecular weight excluding hydrogens is 255 g/mol. The second kappa shape index (κ2) is 6.33. The Bertz CT molecular complexity index is 620. The third-order valence-electron chi connectivity index (χ3n) is 3.04. The van der Waals surface area contributed by atoms with Gasteiger partial charge >= 0.3 is 0 Å². The predicted octanol–water partition coefficient (Wildman–Crippen LogP) is 4.15. The lowest BCUT2D eigenvalue weighted by Gasteiger charge is -2.11. The topological polar surface area (TPSA) is 26.3 Å². The lowest BCUT2D eigenvalue weighted by Crippen LogP contribution is -2.08. The molecule has 0 aliphatic carbocycles. The van der Waals surface area contributed by atoms with Gasteiger partial charge in [0, 0.05) is 5.56 Å². The number of rotatable bonds is 5. The molecule has 0 aliphatic rings. The van der Waals surface area contributed by atoms with Crippen LogP contribution >= 0.6 is 0 Å². The largest absolute Gasteiger partial charge is 0.493 e. The van der Waals surface area contributed by atoms with Gasteiger partial charge in [0.2, 0.25) is 0 Å². The summed E-state index contributed by atoms with van der Waals surface area (Å²) in [5.41, 5.74) is 1.59. The van der Waals surface area contributed by atoms with Crippen molar-refractivity contribution in [3.05, 3.63) is 65.0 Å². The number of benzene rings is 2. The quantitative estimate of drug-likeness (QED) is 0.764. The molecule has 104 valence electrons. The van der Waals surface area contributed by atoms with Gasteiger partial charge in [0.05, 0.1) is 12.2 Å². The zero-order chi connectivity index (χ0) is 14.5. The molecular formula is C17H17FO2. The summed E-state index contributed by atoms with van der Waals surface area (Å²) in [6.45, 7) is 4.34. The van der Waals surface area contributed by atoms with Crippen LogP contribution in [-0.2, 0) is 0 Å². The lowest BCUT2D eigenvalue weighted by atomic mass is 9.98. The highest BCUT2D eigenvalue weighted by molar-refractivity contribution is 6.11. The summed E-state index contributed by atoms with van der Waals surface area (Å²) in [5, 5.41) is 0. The Morgan fingerprint density at radius 2 is 1.90 bits per heavy atom. The number of carbonyl (C=O) groups excluding carboxylic acids is 1. The van der Waals surface area contributed by atoms with Crippen LogP contribution in [0.15, 0.2) is 42.5 Å². The molecule has 0 amide bonds. The minimum Gasteiger partial charge on any atom is -0.493 e. The minimum absolute atomic E-state index is 0.214. The Kier molecular flexibility index (Phi) is 4.51. The molecule has 0 N–H and O–H groups in total. The lowest BCUT2D eigenvalue weighted by molar-refractivity contribution is 0.103. The van der Waals surface area contributed by atoms with E-state index in [1.165, 1.54) is 12.1 Å². The van der Waals surface area contributed by atoms with Crippen LogP contribution in [-0.4, -0.2) is 12.4 Å². The van der Waals surface area contributed by atoms with Gasteiger partial charge < -0.3 is 4.74 Å². The Hall–Kier alpha value is -2.16. The minimum atomic E-state index is -0.411. The van der Waals surface area contributed by atoms with Crippen molar-refractivity contribution in [2.75, 3.05) is 6.61 Å². The zero-order valence-corrected chi connectivity index (χ0v) is 11.7. The van der Waals surface area contributed by atoms with E-state index >= 15 is 0 Å². The normalized spacial score (nSPS) is 10.3. The molecule has 0 bridgehead atoms. The number of halogens is 1. The number of para-hydroxylation sites is 1. The van der Waals surface area contributed by atoms with Gasteiger partial charge in [0.25, 0.3) is 0 Å². The molecule has 0 fully saturated rings. The molecule has 2 aromatic carbocycles. The molecule has 20 heavy (non-hydrogen) atoms. The maximum Gasteiger partial charge on any atom is 0.197 e. The molecule has 0 radical (unpaired) electrons. The van der Waals surface area contributed by atoms with E-state index in [1.54, 1.807) is 31.2 Å². The van der Waals surface area contributed by atoms with Gasteiger partial charge in [0.15, 0.2) is 5.78 Å². The van der Waals surface area contributed by atoms with Gasteiger partial charge in [-0.3, -0.25) is 4.79 Å². The number of ether oxygens (including phenoxy) is 1. The Balaban J connectivity index is 2.40. The van der Waals surface area contributed by atoms with Gasteiger partial charge in [-0.1, -0.05) is 25.1 Å². The van der Waals surface area contributed by atoms with E-state index in [9.17, 15) is 9.18 Å². The first-order valence-corrected chi connectivity index (χ1v) is 6.66. The summed E-state index contributed by atoms with van der Waals surface area (Å²) in [5.74, 6) is -0.0809. The third kappa shape index (κ3) is 3.05. The maximum absolute atomic E-state index is 13.3. The Morgan fingerprint density at radius 3 is 2.65 bits per heavy atom. The molecule has 0 saturated carbocycles. The smallest absolute Gasteiger partial charge is 0.197 e. The highest BCUT2D eigenvalue weighted by Gasteiger charge is 2.16. The molecule has 0 spiro atoms. The fraction of sp³-hybridized carbons (Fsp3) is 0.235. The van der Waals surface area contributed by atoms with Crippen molar-refractivity contribution in [1.29, 1.82) is 0 Å². The summed E-state index contributed by atoms with van der Waals surface area (Å²) >= 11 is 0. The van der Waals surface area contributed by atoms with Crippen LogP contribution < -0.4 is 4.74 Å². The molecule has 2 rings (SSSR count). The van der Waals surface area contributed by atoms with E-state index in [-0.39, 0.29) is 5.78 Å². The van der Waals surface area contributed by atoms with Crippen molar-refractivity contribution in [2.45, 2.75) is 20.3 Å². The molecule has 0 unspecified atom stereocenters. The van der Waals surface area contributed by atoms with Gasteiger partial charge in [-0.2, -0.15) is 0 Å². The van der Waals surface area contributed by atoms with E-state index in [4.69, 9.17) is 4.74 Å². The fourth-order valence-electron chi connectivity index (χ4n) is 1.98. The van der Waals surface area contributed by atoms with Gasteiger partial charge in [0.1, 0.15) is 11.6 Å². The molecule has 3 heteroatoms. The number of ketones is 1. The first-order chi connectivity index (χ1) is 9.63. The Morgan fingerprint density at radius 1 is 1.15 bits per heavy atom. The Labute approximate surface area is 118 Å². The summed E-state index contributed by atoms with van der Waals surface area (Å²) in [6, 6.07) is 11.3. The van der Waals surface area contributed by atoms with Crippen LogP contribution in [0, 0.1) is 12.7 Å². The maximum atomic E-state index is 13.3. The number of hydrogen-bond acceptors (Lipinski definition) is 2. The molecule has 0 saturated heterocycles. The van der Waals surface area contributed by atoms with E-state index in [1.807, 2.05) is 13.0 Å². The van der Waals surface area contributed by atoms with Crippen molar-refractivity contribution in [3.63, 3.8) is 0 Å². The van der Waals surface area contributed by atoms with Crippen LogP contribution in [0.5, 0.6) is 5.75 Å². The van der Waals surface area contributed by atoms with Crippen molar-refractivity contribution in [1.82, 2.24) is 0 Å². The predicted molar refractivity (Wildman–Crippen MR) is 76.8 cm³/mol. The van der Waals surface area contributed by atoms with Crippen molar-refractivity contribution in [2.24, 2.45) is 0 Å². The van der Waals surface area contributed by atoms with Crippen LogP contribution in [0.25, 0.3) is 0 Å².